The fourth-order valence-electron chi connectivity index (χ4n) is 2.11. The summed E-state index contributed by atoms with van der Waals surface area (Å²) in [5.41, 5.74) is 2.91. The molecule has 0 bridgehead atoms. The van der Waals surface area contributed by atoms with Crippen LogP contribution in [0.5, 0.6) is 0 Å². The van der Waals surface area contributed by atoms with Crippen LogP contribution in [-0.4, -0.2) is 19.0 Å². The van der Waals surface area contributed by atoms with E-state index in [1.165, 1.54) is 5.56 Å². The van der Waals surface area contributed by atoms with Crippen molar-refractivity contribution >= 4 is 11.6 Å². The monoisotopic (exact) mass is 268 g/mol. The van der Waals surface area contributed by atoms with Crippen molar-refractivity contribution in [1.29, 1.82) is 0 Å². The lowest BCUT2D eigenvalue weighted by Gasteiger charge is -2.14. The highest BCUT2D eigenvalue weighted by molar-refractivity contribution is 5.94. The normalized spacial score (nSPS) is 11.7. The highest BCUT2D eigenvalue weighted by atomic mass is 16.1. The molecule has 104 valence electrons. The molecule has 1 unspecified atom stereocenters. The predicted octanol–water partition coefficient (Wildman–Crippen LogP) is 3.09. The minimum Gasteiger partial charge on any atom is -0.388 e. The third-order valence-corrected chi connectivity index (χ3v) is 3.20. The first-order valence-electron chi connectivity index (χ1n) is 6.81. The molecule has 0 aliphatic carbocycles. The Morgan fingerprint density at radius 1 is 1.05 bits per heavy atom. The zero-order chi connectivity index (χ0) is 14.4. The van der Waals surface area contributed by atoms with Crippen molar-refractivity contribution in [3.8, 4) is 0 Å². The molecule has 1 amide bonds. The van der Waals surface area contributed by atoms with Crippen molar-refractivity contribution in [2.24, 2.45) is 0 Å². The van der Waals surface area contributed by atoms with Crippen LogP contribution in [0.3, 0.4) is 0 Å². The van der Waals surface area contributed by atoms with Gasteiger partial charge in [0.1, 0.15) is 0 Å². The van der Waals surface area contributed by atoms with Crippen LogP contribution in [0.4, 0.5) is 5.69 Å². The van der Waals surface area contributed by atoms with Gasteiger partial charge in [-0.05, 0) is 43.2 Å². The molecule has 0 saturated heterocycles. The zero-order valence-corrected chi connectivity index (χ0v) is 11.9. The lowest BCUT2D eigenvalue weighted by Crippen LogP contribution is -2.34. The van der Waals surface area contributed by atoms with Crippen LogP contribution in [0.15, 0.2) is 54.6 Å². The number of anilines is 1. The number of rotatable bonds is 5. The second-order valence-electron chi connectivity index (χ2n) is 4.89. The lowest BCUT2D eigenvalue weighted by molar-refractivity contribution is 0.0940. The van der Waals surface area contributed by atoms with Gasteiger partial charge in [0, 0.05) is 24.3 Å². The van der Waals surface area contributed by atoms with E-state index in [0.29, 0.717) is 5.56 Å². The quantitative estimate of drug-likeness (QED) is 0.875. The molecule has 3 nitrogen and oxygen atoms in total. The maximum absolute atomic E-state index is 12.1. The molecule has 0 spiro atoms. The average Bonchev–Trinajstić information content (AvgIpc) is 2.48. The summed E-state index contributed by atoms with van der Waals surface area (Å²) < 4.78 is 0. The molecule has 20 heavy (non-hydrogen) atoms. The van der Waals surface area contributed by atoms with Crippen LogP contribution in [0, 0.1) is 0 Å². The standard InChI is InChI=1S/C17H20N2O/c1-13(12-14-6-4-3-5-7-14)19-17(20)15-8-10-16(18-2)11-9-15/h3-11,13,18H,12H2,1-2H3,(H,19,20). The summed E-state index contributed by atoms with van der Waals surface area (Å²) in [5.74, 6) is -0.0314. The van der Waals surface area contributed by atoms with Crippen molar-refractivity contribution in [3.05, 3.63) is 65.7 Å². The Balaban J connectivity index is 1.93. The Morgan fingerprint density at radius 2 is 1.70 bits per heavy atom. The second-order valence-corrected chi connectivity index (χ2v) is 4.89. The third-order valence-electron chi connectivity index (χ3n) is 3.20. The van der Waals surface area contributed by atoms with E-state index >= 15 is 0 Å². The largest absolute Gasteiger partial charge is 0.388 e. The number of amides is 1. The molecule has 0 aromatic heterocycles. The van der Waals surface area contributed by atoms with Gasteiger partial charge in [-0.3, -0.25) is 4.79 Å². The van der Waals surface area contributed by atoms with Gasteiger partial charge in [-0.15, -0.1) is 0 Å². The van der Waals surface area contributed by atoms with Crippen LogP contribution in [0.2, 0.25) is 0 Å². The highest BCUT2D eigenvalue weighted by Gasteiger charge is 2.10. The fourth-order valence-corrected chi connectivity index (χ4v) is 2.11. The van der Waals surface area contributed by atoms with Gasteiger partial charge in [0.15, 0.2) is 0 Å². The van der Waals surface area contributed by atoms with Crippen molar-refractivity contribution in [1.82, 2.24) is 5.32 Å². The van der Waals surface area contributed by atoms with Gasteiger partial charge < -0.3 is 10.6 Å². The van der Waals surface area contributed by atoms with E-state index in [1.807, 2.05) is 56.4 Å². The maximum Gasteiger partial charge on any atom is 0.251 e. The molecule has 0 saturated carbocycles. The van der Waals surface area contributed by atoms with E-state index in [1.54, 1.807) is 0 Å². The Kier molecular flexibility index (Phi) is 4.77. The summed E-state index contributed by atoms with van der Waals surface area (Å²) in [4.78, 5) is 12.1. The van der Waals surface area contributed by atoms with Gasteiger partial charge in [-0.1, -0.05) is 30.3 Å². The fraction of sp³-hybridized carbons (Fsp3) is 0.235. The molecule has 2 rings (SSSR count). The number of hydrogen-bond donors (Lipinski definition) is 2. The summed E-state index contributed by atoms with van der Waals surface area (Å²) in [6.45, 7) is 2.02. The molecule has 2 aromatic rings. The molecular weight excluding hydrogens is 248 g/mol. The Bertz CT molecular complexity index is 549. The van der Waals surface area contributed by atoms with Gasteiger partial charge in [0.25, 0.3) is 5.91 Å². The summed E-state index contributed by atoms with van der Waals surface area (Å²) in [6, 6.07) is 17.7. The third kappa shape index (κ3) is 3.85. The van der Waals surface area contributed by atoms with Crippen molar-refractivity contribution < 1.29 is 4.79 Å². The van der Waals surface area contributed by atoms with Gasteiger partial charge in [-0.25, -0.2) is 0 Å². The minimum atomic E-state index is -0.0314. The average molecular weight is 268 g/mol. The number of hydrogen-bond acceptors (Lipinski definition) is 2. The zero-order valence-electron chi connectivity index (χ0n) is 11.9. The van der Waals surface area contributed by atoms with Crippen molar-refractivity contribution in [2.75, 3.05) is 12.4 Å². The molecule has 2 aromatic carbocycles. The SMILES string of the molecule is CNc1ccc(C(=O)NC(C)Cc2ccccc2)cc1. The molecule has 0 aliphatic rings. The van der Waals surface area contributed by atoms with Crippen LogP contribution in [0.25, 0.3) is 0 Å². The molecule has 3 heteroatoms. The molecule has 0 fully saturated rings. The number of carbonyl (C=O) groups excluding carboxylic acids is 1. The van der Waals surface area contributed by atoms with E-state index < -0.39 is 0 Å². The Labute approximate surface area is 120 Å². The Hall–Kier alpha value is -2.29. The van der Waals surface area contributed by atoms with E-state index in [0.717, 1.165) is 12.1 Å². The van der Waals surface area contributed by atoms with Gasteiger partial charge in [-0.2, -0.15) is 0 Å². The lowest BCUT2D eigenvalue weighted by atomic mass is 10.1. The van der Waals surface area contributed by atoms with Crippen LogP contribution < -0.4 is 10.6 Å². The van der Waals surface area contributed by atoms with E-state index in [-0.39, 0.29) is 11.9 Å². The topological polar surface area (TPSA) is 41.1 Å². The minimum absolute atomic E-state index is 0.0314. The first kappa shape index (κ1) is 14.1. The maximum atomic E-state index is 12.1. The number of nitrogens with one attached hydrogen (secondary N) is 2. The Morgan fingerprint density at radius 3 is 2.30 bits per heavy atom. The summed E-state index contributed by atoms with van der Waals surface area (Å²) in [7, 11) is 1.86. The summed E-state index contributed by atoms with van der Waals surface area (Å²) >= 11 is 0. The molecule has 1 atom stereocenters. The van der Waals surface area contributed by atoms with Crippen LogP contribution in [-0.2, 0) is 6.42 Å². The molecule has 2 N–H and O–H groups in total. The predicted molar refractivity (Wildman–Crippen MR) is 83.1 cm³/mol. The van der Waals surface area contributed by atoms with E-state index in [9.17, 15) is 4.79 Å². The highest BCUT2D eigenvalue weighted by Crippen LogP contribution is 2.09. The molecule has 0 radical (unpaired) electrons. The summed E-state index contributed by atoms with van der Waals surface area (Å²) in [6.07, 6.45) is 0.835. The van der Waals surface area contributed by atoms with Crippen molar-refractivity contribution in [3.63, 3.8) is 0 Å². The van der Waals surface area contributed by atoms with E-state index in [2.05, 4.69) is 22.8 Å². The van der Waals surface area contributed by atoms with Crippen LogP contribution in [0.1, 0.15) is 22.8 Å². The van der Waals surface area contributed by atoms with Crippen LogP contribution >= 0.6 is 0 Å². The first-order chi connectivity index (χ1) is 9.69. The second kappa shape index (κ2) is 6.75. The number of benzene rings is 2. The van der Waals surface area contributed by atoms with E-state index in [4.69, 9.17) is 0 Å². The van der Waals surface area contributed by atoms with Gasteiger partial charge >= 0.3 is 0 Å². The molecular formula is C17H20N2O. The summed E-state index contributed by atoms with van der Waals surface area (Å²) in [5, 5.41) is 6.06. The molecule has 0 aliphatic heterocycles. The smallest absolute Gasteiger partial charge is 0.251 e. The van der Waals surface area contributed by atoms with Crippen molar-refractivity contribution in [2.45, 2.75) is 19.4 Å². The van der Waals surface area contributed by atoms with Gasteiger partial charge in [0.2, 0.25) is 0 Å². The van der Waals surface area contributed by atoms with Gasteiger partial charge in [0.05, 0.1) is 0 Å². The first-order valence-corrected chi connectivity index (χ1v) is 6.81. The molecule has 0 heterocycles. The number of carbonyl (C=O) groups is 1.